The van der Waals surface area contributed by atoms with E-state index < -0.39 is 11.0 Å². The monoisotopic (exact) mass is 293 g/mol. The number of aliphatic hydroxyl groups is 1. The van der Waals surface area contributed by atoms with Crippen molar-refractivity contribution in [1.82, 2.24) is 4.90 Å². The Balaban J connectivity index is 2.22. The van der Waals surface area contributed by atoms with E-state index in [1.54, 1.807) is 11.9 Å². The number of nitrogens with one attached hydrogen (secondary N) is 1. The quantitative estimate of drug-likeness (QED) is 0.650. The highest BCUT2D eigenvalue weighted by molar-refractivity contribution is 5.96. The number of benzene rings is 1. The maximum absolute atomic E-state index is 12.4. The molecule has 7 heteroatoms. The summed E-state index contributed by atoms with van der Waals surface area (Å²) in [6, 6.07) is 4.25. The first-order valence-electron chi connectivity index (χ1n) is 6.87. The van der Waals surface area contributed by atoms with Crippen molar-refractivity contribution in [3.05, 3.63) is 33.9 Å². The van der Waals surface area contributed by atoms with Crippen LogP contribution in [0.5, 0.6) is 0 Å². The molecule has 1 aliphatic rings. The molecular weight excluding hydrogens is 274 g/mol. The Labute approximate surface area is 122 Å². The number of carbonyl (C=O) groups is 1. The smallest absolute Gasteiger partial charge is 0.292 e. The Bertz CT molecular complexity index is 561. The number of hydrogen-bond donors (Lipinski definition) is 2. The van der Waals surface area contributed by atoms with Crippen LogP contribution >= 0.6 is 0 Å². The fraction of sp³-hybridized carbons (Fsp3) is 0.500. The normalized spacial score (nSPS) is 22.0. The van der Waals surface area contributed by atoms with E-state index in [9.17, 15) is 20.0 Å². The second kappa shape index (κ2) is 6.09. The lowest BCUT2D eigenvalue weighted by Gasteiger charge is -2.34. The van der Waals surface area contributed by atoms with Crippen molar-refractivity contribution in [3.8, 4) is 0 Å². The Morgan fingerprint density at radius 2 is 2.24 bits per heavy atom. The van der Waals surface area contributed by atoms with Gasteiger partial charge in [0.15, 0.2) is 0 Å². The van der Waals surface area contributed by atoms with E-state index in [0.29, 0.717) is 24.3 Å². The van der Waals surface area contributed by atoms with Gasteiger partial charge in [-0.05, 0) is 24.5 Å². The van der Waals surface area contributed by atoms with Crippen molar-refractivity contribution in [1.29, 1.82) is 0 Å². The van der Waals surface area contributed by atoms with Gasteiger partial charge in [0.2, 0.25) is 0 Å². The van der Waals surface area contributed by atoms with E-state index in [4.69, 9.17) is 0 Å². The molecule has 1 fully saturated rings. The van der Waals surface area contributed by atoms with Crippen LogP contribution in [0.25, 0.3) is 0 Å². The van der Waals surface area contributed by atoms with Gasteiger partial charge in [-0.2, -0.15) is 0 Å². The lowest BCUT2D eigenvalue weighted by Crippen LogP contribution is -2.45. The van der Waals surface area contributed by atoms with Crippen molar-refractivity contribution < 1.29 is 14.8 Å². The summed E-state index contributed by atoms with van der Waals surface area (Å²) in [5, 5.41) is 23.5. The van der Waals surface area contributed by atoms with Gasteiger partial charge in [0.25, 0.3) is 11.6 Å². The molecular formula is C14H19N3O4. The fourth-order valence-electron chi connectivity index (χ4n) is 2.44. The Morgan fingerprint density at radius 3 is 2.81 bits per heavy atom. The third-order valence-corrected chi connectivity index (χ3v) is 3.92. The van der Waals surface area contributed by atoms with E-state index in [-0.39, 0.29) is 17.5 Å². The minimum atomic E-state index is -0.524. The molecule has 1 aromatic rings. The first kappa shape index (κ1) is 15.2. The third kappa shape index (κ3) is 3.13. The number of β-amino-alcohol motifs (C(OH)–C–C–N with tert-alkyl or cyclic N) is 1. The second-order valence-electron chi connectivity index (χ2n) is 5.32. The zero-order valence-corrected chi connectivity index (χ0v) is 12.1. The number of likely N-dealkylation sites (tertiary alicyclic amines) is 1. The van der Waals surface area contributed by atoms with Gasteiger partial charge in [0.05, 0.1) is 11.0 Å². The maximum atomic E-state index is 12.4. The maximum Gasteiger partial charge on any atom is 0.292 e. The highest BCUT2D eigenvalue weighted by Gasteiger charge is 2.28. The first-order chi connectivity index (χ1) is 9.93. The molecule has 0 radical (unpaired) electrons. The molecule has 0 spiro atoms. The Hall–Kier alpha value is -2.15. The summed E-state index contributed by atoms with van der Waals surface area (Å²) in [4.78, 5) is 24.4. The summed E-state index contributed by atoms with van der Waals surface area (Å²) in [6.45, 7) is 2.84. The van der Waals surface area contributed by atoms with Crippen LogP contribution < -0.4 is 5.32 Å². The molecule has 0 aromatic heterocycles. The van der Waals surface area contributed by atoms with Crippen LogP contribution in [-0.2, 0) is 0 Å². The number of rotatable bonds is 3. The molecule has 1 amide bonds. The van der Waals surface area contributed by atoms with Crippen LogP contribution in [0.4, 0.5) is 11.4 Å². The number of nitro benzene ring substituents is 1. The van der Waals surface area contributed by atoms with Crippen LogP contribution in [0.1, 0.15) is 23.7 Å². The summed E-state index contributed by atoms with van der Waals surface area (Å²) < 4.78 is 0. The molecule has 1 aliphatic heterocycles. The third-order valence-electron chi connectivity index (χ3n) is 3.92. The lowest BCUT2D eigenvalue weighted by molar-refractivity contribution is -0.383. The lowest BCUT2D eigenvalue weighted by atomic mass is 9.95. The van der Waals surface area contributed by atoms with Gasteiger partial charge < -0.3 is 15.3 Å². The van der Waals surface area contributed by atoms with E-state index >= 15 is 0 Å². The molecule has 0 aliphatic carbocycles. The van der Waals surface area contributed by atoms with E-state index in [1.165, 1.54) is 18.2 Å². The largest absolute Gasteiger partial charge is 0.391 e. The molecule has 21 heavy (non-hydrogen) atoms. The topological polar surface area (TPSA) is 95.7 Å². The number of nitro groups is 1. The molecule has 2 atom stereocenters. The SMILES string of the molecule is CNc1cc(C(=O)N2CCC(C)C(O)C2)ccc1[N+](=O)[O-]. The molecule has 2 N–H and O–H groups in total. The predicted molar refractivity (Wildman–Crippen MR) is 78.3 cm³/mol. The van der Waals surface area contributed by atoms with Crippen molar-refractivity contribution in [2.24, 2.45) is 5.92 Å². The summed E-state index contributed by atoms with van der Waals surface area (Å²) in [7, 11) is 1.57. The molecule has 2 unspecified atom stereocenters. The van der Waals surface area contributed by atoms with Gasteiger partial charge in [-0.3, -0.25) is 14.9 Å². The molecule has 1 aromatic carbocycles. The van der Waals surface area contributed by atoms with Gasteiger partial charge in [-0.15, -0.1) is 0 Å². The summed E-state index contributed by atoms with van der Waals surface area (Å²) in [5.74, 6) is -0.0360. The Morgan fingerprint density at radius 1 is 1.52 bits per heavy atom. The fourth-order valence-corrected chi connectivity index (χ4v) is 2.44. The van der Waals surface area contributed by atoms with Crippen molar-refractivity contribution in [2.45, 2.75) is 19.4 Å². The minimum Gasteiger partial charge on any atom is -0.391 e. The molecule has 114 valence electrons. The van der Waals surface area contributed by atoms with Crippen molar-refractivity contribution in [3.63, 3.8) is 0 Å². The number of aliphatic hydroxyl groups excluding tert-OH is 1. The van der Waals surface area contributed by atoms with E-state index in [1.807, 2.05) is 6.92 Å². The number of nitrogens with zero attached hydrogens (tertiary/aromatic N) is 2. The number of hydrogen-bond acceptors (Lipinski definition) is 5. The highest BCUT2D eigenvalue weighted by Crippen LogP contribution is 2.26. The summed E-state index contributed by atoms with van der Waals surface area (Å²) >= 11 is 0. The Kier molecular flexibility index (Phi) is 4.42. The van der Waals surface area contributed by atoms with Gasteiger partial charge in [-0.25, -0.2) is 0 Å². The standard InChI is InChI=1S/C14H19N3O4/c1-9-5-6-16(8-13(9)18)14(19)10-3-4-12(17(20)21)11(7-10)15-2/h3-4,7,9,13,15,18H,5-6,8H2,1-2H3. The predicted octanol–water partition coefficient (Wildman–Crippen LogP) is 1.48. The molecule has 0 saturated carbocycles. The minimum absolute atomic E-state index is 0.0682. The van der Waals surface area contributed by atoms with Crippen molar-refractivity contribution in [2.75, 3.05) is 25.5 Å². The number of carbonyl (C=O) groups excluding carboxylic acids is 1. The van der Waals surface area contributed by atoms with Gasteiger partial charge in [0, 0.05) is 31.8 Å². The molecule has 0 bridgehead atoms. The van der Waals surface area contributed by atoms with Gasteiger partial charge >= 0.3 is 0 Å². The van der Waals surface area contributed by atoms with Crippen LogP contribution in [0, 0.1) is 16.0 Å². The van der Waals surface area contributed by atoms with Crippen molar-refractivity contribution >= 4 is 17.3 Å². The van der Waals surface area contributed by atoms with Gasteiger partial charge in [0.1, 0.15) is 5.69 Å². The van der Waals surface area contributed by atoms with Crippen LogP contribution in [-0.4, -0.2) is 47.1 Å². The first-order valence-corrected chi connectivity index (χ1v) is 6.87. The molecule has 7 nitrogen and oxygen atoms in total. The summed E-state index contributed by atoms with van der Waals surface area (Å²) in [6.07, 6.45) is 0.225. The molecule has 1 saturated heterocycles. The van der Waals surface area contributed by atoms with Crippen LogP contribution in [0.3, 0.4) is 0 Å². The number of amides is 1. The zero-order valence-electron chi connectivity index (χ0n) is 12.1. The number of anilines is 1. The highest BCUT2D eigenvalue weighted by atomic mass is 16.6. The average Bonchev–Trinajstić information content (AvgIpc) is 2.48. The van der Waals surface area contributed by atoms with Crippen LogP contribution in [0.15, 0.2) is 18.2 Å². The zero-order chi connectivity index (χ0) is 15.6. The van der Waals surface area contributed by atoms with E-state index in [0.717, 1.165) is 6.42 Å². The molecule has 1 heterocycles. The van der Waals surface area contributed by atoms with Crippen LogP contribution in [0.2, 0.25) is 0 Å². The molecule has 2 rings (SSSR count). The summed E-state index contributed by atoms with van der Waals surface area (Å²) in [5.41, 5.74) is 0.616. The average molecular weight is 293 g/mol. The van der Waals surface area contributed by atoms with E-state index in [2.05, 4.69) is 5.32 Å². The number of piperidine rings is 1. The van der Waals surface area contributed by atoms with Gasteiger partial charge in [-0.1, -0.05) is 6.92 Å². The second-order valence-corrected chi connectivity index (χ2v) is 5.32.